The number of nitrogens with zero attached hydrogens (tertiary/aromatic N) is 1. The van der Waals surface area contributed by atoms with Crippen LogP contribution in [0.15, 0.2) is 0 Å². The Morgan fingerprint density at radius 3 is 2.41 bits per heavy atom. The Labute approximate surface area is 105 Å². The van der Waals surface area contributed by atoms with E-state index < -0.39 is 0 Å². The number of piperidine rings is 1. The predicted octanol–water partition coefficient (Wildman–Crippen LogP) is 1.26. The van der Waals surface area contributed by atoms with Gasteiger partial charge in [0.25, 0.3) is 0 Å². The lowest BCUT2D eigenvalue weighted by Gasteiger charge is -2.34. The molecule has 1 N–H and O–H groups in total. The molecule has 0 atom stereocenters. The van der Waals surface area contributed by atoms with E-state index in [2.05, 4.69) is 26.1 Å². The van der Waals surface area contributed by atoms with Crippen molar-refractivity contribution < 1.29 is 9.53 Å². The number of carbonyl (C=O) groups excluding carboxylic acids is 1. The Kier molecular flexibility index (Phi) is 5.40. The molecule has 0 aliphatic carbocycles. The lowest BCUT2D eigenvalue weighted by Crippen LogP contribution is -2.47. The molecule has 0 aromatic rings. The van der Waals surface area contributed by atoms with Crippen LogP contribution in [0.1, 0.15) is 33.6 Å². The van der Waals surface area contributed by atoms with Crippen LogP contribution in [0.25, 0.3) is 0 Å². The van der Waals surface area contributed by atoms with E-state index >= 15 is 0 Å². The second kappa shape index (κ2) is 6.36. The van der Waals surface area contributed by atoms with Gasteiger partial charge in [0.2, 0.25) is 5.91 Å². The molecule has 1 rings (SSSR count). The van der Waals surface area contributed by atoms with E-state index in [4.69, 9.17) is 4.74 Å². The molecule has 0 unspecified atom stereocenters. The van der Waals surface area contributed by atoms with E-state index in [-0.39, 0.29) is 12.5 Å². The molecule has 0 bridgehead atoms. The van der Waals surface area contributed by atoms with Gasteiger partial charge < -0.3 is 15.0 Å². The summed E-state index contributed by atoms with van der Waals surface area (Å²) in [5.41, 5.74) is 0.322. The Hall–Kier alpha value is -0.610. The third-order valence-electron chi connectivity index (χ3n) is 3.04. The van der Waals surface area contributed by atoms with Gasteiger partial charge in [0, 0.05) is 32.8 Å². The summed E-state index contributed by atoms with van der Waals surface area (Å²) in [5, 5.41) is 3.58. The van der Waals surface area contributed by atoms with Gasteiger partial charge in [-0.2, -0.15) is 0 Å². The fraction of sp³-hybridized carbons (Fsp3) is 0.923. The minimum atomic E-state index is 0.113. The van der Waals surface area contributed by atoms with Crippen molar-refractivity contribution in [3.63, 3.8) is 0 Å². The number of likely N-dealkylation sites (tertiary alicyclic amines) is 1. The first kappa shape index (κ1) is 14.5. The quantitative estimate of drug-likeness (QED) is 0.807. The van der Waals surface area contributed by atoms with Crippen molar-refractivity contribution in [3.8, 4) is 0 Å². The van der Waals surface area contributed by atoms with Gasteiger partial charge in [-0.15, -0.1) is 0 Å². The standard InChI is InChI=1S/C13H26N2O2/c1-13(2,3)10-14-11-5-7-15(8-6-11)12(16)9-17-4/h11,14H,5-10H2,1-4H3. The molecule has 17 heavy (non-hydrogen) atoms. The summed E-state index contributed by atoms with van der Waals surface area (Å²) >= 11 is 0. The van der Waals surface area contributed by atoms with Crippen LogP contribution in [0.3, 0.4) is 0 Å². The zero-order valence-corrected chi connectivity index (χ0v) is 11.6. The number of hydrogen-bond acceptors (Lipinski definition) is 3. The van der Waals surface area contributed by atoms with Crippen molar-refractivity contribution in [2.45, 2.75) is 39.7 Å². The van der Waals surface area contributed by atoms with Crippen LogP contribution in [0.2, 0.25) is 0 Å². The van der Waals surface area contributed by atoms with E-state index in [0.717, 1.165) is 32.5 Å². The van der Waals surface area contributed by atoms with Gasteiger partial charge in [-0.3, -0.25) is 4.79 Å². The highest BCUT2D eigenvalue weighted by Gasteiger charge is 2.23. The fourth-order valence-corrected chi connectivity index (χ4v) is 2.00. The molecule has 1 aliphatic heterocycles. The zero-order chi connectivity index (χ0) is 12.9. The first-order valence-corrected chi connectivity index (χ1v) is 6.42. The minimum absolute atomic E-state index is 0.113. The molecule has 0 aromatic heterocycles. The molecule has 1 aliphatic rings. The largest absolute Gasteiger partial charge is 0.375 e. The molecule has 1 saturated heterocycles. The van der Waals surface area contributed by atoms with Gasteiger partial charge in [-0.1, -0.05) is 20.8 Å². The number of rotatable bonds is 4. The highest BCUT2D eigenvalue weighted by Crippen LogP contribution is 2.15. The average Bonchev–Trinajstić information content (AvgIpc) is 2.26. The summed E-state index contributed by atoms with van der Waals surface area (Å²) in [6.45, 7) is 9.64. The average molecular weight is 242 g/mol. The number of amides is 1. The maximum Gasteiger partial charge on any atom is 0.248 e. The van der Waals surface area contributed by atoms with Gasteiger partial charge in [0.05, 0.1) is 0 Å². The predicted molar refractivity (Wildman–Crippen MR) is 68.9 cm³/mol. The van der Waals surface area contributed by atoms with Gasteiger partial charge in [-0.25, -0.2) is 0 Å². The van der Waals surface area contributed by atoms with E-state index in [9.17, 15) is 4.79 Å². The third kappa shape index (κ3) is 5.50. The monoisotopic (exact) mass is 242 g/mol. The van der Waals surface area contributed by atoms with Gasteiger partial charge in [-0.05, 0) is 18.3 Å². The first-order valence-electron chi connectivity index (χ1n) is 6.42. The summed E-state index contributed by atoms with van der Waals surface area (Å²) in [4.78, 5) is 13.5. The summed E-state index contributed by atoms with van der Waals surface area (Å²) in [6, 6.07) is 0.556. The maximum absolute atomic E-state index is 11.6. The van der Waals surface area contributed by atoms with Crippen molar-refractivity contribution in [2.24, 2.45) is 5.41 Å². The van der Waals surface area contributed by atoms with E-state index in [1.54, 1.807) is 7.11 Å². The summed E-state index contributed by atoms with van der Waals surface area (Å²) < 4.78 is 4.87. The molecule has 100 valence electrons. The molecule has 1 fully saturated rings. The number of carbonyl (C=O) groups is 1. The number of hydrogen-bond donors (Lipinski definition) is 1. The van der Waals surface area contributed by atoms with E-state index in [0.29, 0.717) is 11.5 Å². The zero-order valence-electron chi connectivity index (χ0n) is 11.6. The van der Waals surface area contributed by atoms with Crippen molar-refractivity contribution >= 4 is 5.91 Å². The maximum atomic E-state index is 11.6. The molecular formula is C13H26N2O2. The van der Waals surface area contributed by atoms with Crippen LogP contribution in [0, 0.1) is 5.41 Å². The molecule has 4 heteroatoms. The van der Waals surface area contributed by atoms with Crippen LogP contribution < -0.4 is 5.32 Å². The van der Waals surface area contributed by atoms with Crippen LogP contribution in [-0.2, 0) is 9.53 Å². The Bertz CT molecular complexity index is 240. The Balaban J connectivity index is 2.24. The van der Waals surface area contributed by atoms with Crippen molar-refractivity contribution in [1.82, 2.24) is 10.2 Å². The van der Waals surface area contributed by atoms with Crippen LogP contribution in [0.5, 0.6) is 0 Å². The molecule has 0 aromatic carbocycles. The number of nitrogens with one attached hydrogen (secondary N) is 1. The van der Waals surface area contributed by atoms with E-state index in [1.165, 1.54) is 0 Å². The van der Waals surface area contributed by atoms with Gasteiger partial charge in [0.1, 0.15) is 6.61 Å². The lowest BCUT2D eigenvalue weighted by molar-refractivity contribution is -0.136. The third-order valence-corrected chi connectivity index (χ3v) is 3.04. The topological polar surface area (TPSA) is 41.6 Å². The second-order valence-electron chi connectivity index (χ2n) is 6.03. The van der Waals surface area contributed by atoms with E-state index in [1.807, 2.05) is 4.90 Å². The highest BCUT2D eigenvalue weighted by molar-refractivity contribution is 5.77. The summed E-state index contributed by atoms with van der Waals surface area (Å²) in [6.07, 6.45) is 2.09. The van der Waals surface area contributed by atoms with Crippen molar-refractivity contribution in [2.75, 3.05) is 33.4 Å². The van der Waals surface area contributed by atoms with Crippen molar-refractivity contribution in [3.05, 3.63) is 0 Å². The number of methoxy groups -OCH3 is 1. The SMILES string of the molecule is COCC(=O)N1CCC(NCC(C)(C)C)CC1. The van der Waals surface area contributed by atoms with Crippen LogP contribution in [0.4, 0.5) is 0 Å². The normalized spacial score (nSPS) is 18.5. The minimum Gasteiger partial charge on any atom is -0.375 e. The Morgan fingerprint density at radius 1 is 1.35 bits per heavy atom. The fourth-order valence-electron chi connectivity index (χ4n) is 2.00. The molecule has 1 amide bonds. The molecule has 0 saturated carbocycles. The summed E-state index contributed by atoms with van der Waals surface area (Å²) in [5.74, 6) is 0.113. The molecular weight excluding hydrogens is 216 g/mol. The number of ether oxygens (including phenoxy) is 1. The highest BCUT2D eigenvalue weighted by atomic mass is 16.5. The molecule has 0 radical (unpaired) electrons. The van der Waals surface area contributed by atoms with Crippen molar-refractivity contribution in [1.29, 1.82) is 0 Å². The molecule has 0 spiro atoms. The smallest absolute Gasteiger partial charge is 0.248 e. The van der Waals surface area contributed by atoms with Crippen LogP contribution >= 0.6 is 0 Å². The van der Waals surface area contributed by atoms with Gasteiger partial charge in [0.15, 0.2) is 0 Å². The Morgan fingerprint density at radius 2 is 1.94 bits per heavy atom. The van der Waals surface area contributed by atoms with Gasteiger partial charge >= 0.3 is 0 Å². The second-order valence-corrected chi connectivity index (χ2v) is 6.03. The lowest BCUT2D eigenvalue weighted by atomic mass is 9.95. The van der Waals surface area contributed by atoms with Crippen LogP contribution in [-0.4, -0.2) is 50.2 Å². The summed E-state index contributed by atoms with van der Waals surface area (Å²) in [7, 11) is 1.57. The molecule has 1 heterocycles. The first-order chi connectivity index (χ1) is 7.92. The molecule has 4 nitrogen and oxygen atoms in total.